The van der Waals surface area contributed by atoms with Gasteiger partial charge in [-0.25, -0.2) is 0 Å². The van der Waals surface area contributed by atoms with Crippen molar-refractivity contribution in [1.82, 2.24) is 0 Å². The van der Waals surface area contributed by atoms with E-state index < -0.39 is 0 Å². The molecule has 10 rings (SSSR count). The minimum atomic E-state index is -0.0234. The van der Waals surface area contributed by atoms with E-state index >= 15 is 0 Å². The van der Waals surface area contributed by atoms with E-state index in [9.17, 15) is 0 Å². The summed E-state index contributed by atoms with van der Waals surface area (Å²) < 4.78 is 0. The quantitative estimate of drug-likeness (QED) is 0.141. The molecule has 0 nitrogen and oxygen atoms in total. The largest absolute Gasteiger partial charge is 0.0622 e. The van der Waals surface area contributed by atoms with E-state index in [4.69, 9.17) is 0 Å². The Labute approximate surface area is 274 Å². The van der Waals surface area contributed by atoms with E-state index in [1.165, 1.54) is 98.4 Å². The topological polar surface area (TPSA) is 0 Å². The molecule has 0 fully saturated rings. The standard InChI is InChI=1S/C47H32/c1-47(2)41-20-10-14-32-28-40(39-19-11-21-42(47)46(39)44(32)41)45-37-17-8-6-15-35(37)43(36-16-7-9-18-38(36)45)33-25-23-30-22-24-31(26-34(30)27-33)29-12-4-3-5-13-29/h3-28H,1-2H3. The Kier molecular flexibility index (Phi) is 5.44. The third-order valence-electron chi connectivity index (χ3n) is 10.8. The fraction of sp³-hybridized carbons (Fsp3) is 0.0638. The van der Waals surface area contributed by atoms with Gasteiger partial charge in [-0.1, -0.05) is 153 Å². The first-order valence-corrected chi connectivity index (χ1v) is 16.6. The van der Waals surface area contributed by atoms with Crippen molar-refractivity contribution in [2.75, 3.05) is 0 Å². The highest BCUT2D eigenvalue weighted by Crippen LogP contribution is 2.53. The monoisotopic (exact) mass is 596 g/mol. The van der Waals surface area contributed by atoms with Crippen LogP contribution < -0.4 is 0 Å². The van der Waals surface area contributed by atoms with Crippen molar-refractivity contribution in [3.05, 3.63) is 169 Å². The molecule has 0 atom stereocenters. The van der Waals surface area contributed by atoms with Crippen molar-refractivity contribution in [3.63, 3.8) is 0 Å². The number of rotatable bonds is 3. The third kappa shape index (κ3) is 3.70. The second kappa shape index (κ2) is 9.64. The van der Waals surface area contributed by atoms with Crippen LogP contribution in [0.3, 0.4) is 0 Å². The second-order valence-corrected chi connectivity index (χ2v) is 13.7. The van der Waals surface area contributed by atoms with Crippen LogP contribution >= 0.6 is 0 Å². The summed E-state index contributed by atoms with van der Waals surface area (Å²) >= 11 is 0. The van der Waals surface area contributed by atoms with Crippen molar-refractivity contribution in [2.24, 2.45) is 0 Å². The number of hydrogen-bond acceptors (Lipinski definition) is 0. The first-order chi connectivity index (χ1) is 23.1. The molecule has 0 saturated heterocycles. The molecule has 0 heteroatoms. The van der Waals surface area contributed by atoms with Gasteiger partial charge in [-0.2, -0.15) is 0 Å². The van der Waals surface area contributed by atoms with Gasteiger partial charge in [0.05, 0.1) is 0 Å². The van der Waals surface area contributed by atoms with Crippen LogP contribution in [-0.4, -0.2) is 0 Å². The van der Waals surface area contributed by atoms with Gasteiger partial charge in [-0.15, -0.1) is 0 Å². The normalized spacial score (nSPS) is 13.5. The van der Waals surface area contributed by atoms with Crippen LogP contribution in [0.5, 0.6) is 0 Å². The maximum absolute atomic E-state index is 2.46. The van der Waals surface area contributed by atoms with Gasteiger partial charge < -0.3 is 0 Å². The average Bonchev–Trinajstić information content (AvgIpc) is 3.36. The van der Waals surface area contributed by atoms with Crippen molar-refractivity contribution < 1.29 is 0 Å². The minimum absolute atomic E-state index is 0.0234. The summed E-state index contributed by atoms with van der Waals surface area (Å²) in [5.41, 5.74) is 10.5. The van der Waals surface area contributed by atoms with Crippen molar-refractivity contribution >= 4 is 53.9 Å². The Hall–Kier alpha value is -5.72. The SMILES string of the molecule is CC1(C)c2cccc3cc(-c4c5ccccc5c(-c5ccc6ccc(-c7ccccc7)cc6c5)c5ccccc45)c4cccc1c4c23. The first-order valence-electron chi connectivity index (χ1n) is 16.6. The Balaban J connectivity index is 1.29. The van der Waals surface area contributed by atoms with Crippen LogP contribution in [0.2, 0.25) is 0 Å². The molecule has 0 spiro atoms. The summed E-state index contributed by atoms with van der Waals surface area (Å²) in [6.45, 7) is 4.75. The molecule has 0 heterocycles. The number of fused-ring (bicyclic) bond motifs is 3. The molecule has 0 saturated carbocycles. The van der Waals surface area contributed by atoms with Gasteiger partial charge >= 0.3 is 0 Å². The van der Waals surface area contributed by atoms with Crippen molar-refractivity contribution in [3.8, 4) is 33.4 Å². The van der Waals surface area contributed by atoms with Crippen LogP contribution in [-0.2, 0) is 5.41 Å². The summed E-state index contributed by atoms with van der Waals surface area (Å²) in [6.07, 6.45) is 0. The van der Waals surface area contributed by atoms with Gasteiger partial charge in [0.25, 0.3) is 0 Å². The molecular weight excluding hydrogens is 565 g/mol. The van der Waals surface area contributed by atoms with Gasteiger partial charge in [-0.3, -0.25) is 0 Å². The molecule has 0 aromatic heterocycles. The van der Waals surface area contributed by atoms with E-state index in [2.05, 4.69) is 172 Å². The Morgan fingerprint density at radius 1 is 0.340 bits per heavy atom. The van der Waals surface area contributed by atoms with Crippen LogP contribution in [0.1, 0.15) is 25.0 Å². The molecule has 9 aromatic rings. The Morgan fingerprint density at radius 3 is 1.60 bits per heavy atom. The van der Waals surface area contributed by atoms with Crippen LogP contribution in [0, 0.1) is 0 Å². The summed E-state index contributed by atoms with van der Waals surface area (Å²) in [7, 11) is 0. The van der Waals surface area contributed by atoms with E-state index in [0.717, 1.165) is 0 Å². The van der Waals surface area contributed by atoms with E-state index in [1.807, 2.05) is 0 Å². The van der Waals surface area contributed by atoms with Gasteiger partial charge in [0, 0.05) is 5.41 Å². The molecule has 220 valence electrons. The predicted molar refractivity (Wildman–Crippen MR) is 202 cm³/mol. The van der Waals surface area contributed by atoms with Crippen LogP contribution in [0.25, 0.3) is 87.2 Å². The zero-order valence-electron chi connectivity index (χ0n) is 26.5. The van der Waals surface area contributed by atoms with Gasteiger partial charge in [-0.05, 0) is 117 Å². The van der Waals surface area contributed by atoms with Crippen LogP contribution in [0.15, 0.2) is 158 Å². The Morgan fingerprint density at radius 2 is 0.894 bits per heavy atom. The van der Waals surface area contributed by atoms with E-state index in [0.29, 0.717) is 0 Å². The maximum Gasteiger partial charge on any atom is 0.0159 e. The lowest BCUT2D eigenvalue weighted by molar-refractivity contribution is 0.663. The van der Waals surface area contributed by atoms with E-state index in [1.54, 1.807) is 0 Å². The lowest BCUT2D eigenvalue weighted by Gasteiger charge is -2.21. The van der Waals surface area contributed by atoms with Crippen molar-refractivity contribution in [1.29, 1.82) is 0 Å². The lowest BCUT2D eigenvalue weighted by Crippen LogP contribution is -2.14. The molecule has 47 heavy (non-hydrogen) atoms. The van der Waals surface area contributed by atoms with Gasteiger partial charge in [0.2, 0.25) is 0 Å². The molecule has 0 N–H and O–H groups in total. The van der Waals surface area contributed by atoms with Crippen LogP contribution in [0.4, 0.5) is 0 Å². The summed E-state index contributed by atoms with van der Waals surface area (Å²) in [6, 6.07) is 58.8. The van der Waals surface area contributed by atoms with Gasteiger partial charge in [0.1, 0.15) is 0 Å². The van der Waals surface area contributed by atoms with Crippen molar-refractivity contribution in [2.45, 2.75) is 19.3 Å². The third-order valence-corrected chi connectivity index (χ3v) is 10.8. The maximum atomic E-state index is 2.46. The summed E-state index contributed by atoms with van der Waals surface area (Å²) in [5.74, 6) is 0. The minimum Gasteiger partial charge on any atom is -0.0622 e. The Bertz CT molecular complexity index is 2690. The molecule has 0 aliphatic heterocycles. The molecule has 0 bridgehead atoms. The molecule has 1 aliphatic carbocycles. The van der Waals surface area contributed by atoms with E-state index in [-0.39, 0.29) is 5.41 Å². The summed E-state index contributed by atoms with van der Waals surface area (Å²) in [4.78, 5) is 0. The highest BCUT2D eigenvalue weighted by atomic mass is 14.4. The molecule has 0 amide bonds. The fourth-order valence-corrected chi connectivity index (χ4v) is 8.58. The highest BCUT2D eigenvalue weighted by Gasteiger charge is 2.34. The molecule has 0 unspecified atom stereocenters. The molecule has 9 aromatic carbocycles. The smallest absolute Gasteiger partial charge is 0.0159 e. The average molecular weight is 597 g/mol. The molecule has 1 aliphatic rings. The second-order valence-electron chi connectivity index (χ2n) is 13.7. The number of benzene rings is 9. The number of hydrogen-bond donors (Lipinski definition) is 0. The molecule has 0 radical (unpaired) electrons. The highest BCUT2D eigenvalue weighted by molar-refractivity contribution is 6.27. The zero-order valence-corrected chi connectivity index (χ0v) is 26.5. The summed E-state index contributed by atoms with van der Waals surface area (Å²) in [5, 5.41) is 13.2. The fourth-order valence-electron chi connectivity index (χ4n) is 8.58. The zero-order chi connectivity index (χ0) is 31.3. The predicted octanol–water partition coefficient (Wildman–Crippen LogP) is 13.1. The van der Waals surface area contributed by atoms with Gasteiger partial charge in [0.15, 0.2) is 0 Å². The lowest BCUT2D eigenvalue weighted by atomic mass is 9.81. The molecular formula is C47H32. The first kappa shape index (κ1) is 26.5.